The van der Waals surface area contributed by atoms with Crippen molar-refractivity contribution in [1.82, 2.24) is 5.32 Å². The van der Waals surface area contributed by atoms with Gasteiger partial charge in [-0.1, -0.05) is 12.1 Å². The molecule has 0 spiro atoms. The fourth-order valence-corrected chi connectivity index (χ4v) is 2.51. The van der Waals surface area contributed by atoms with Crippen LogP contribution < -0.4 is 5.32 Å². The van der Waals surface area contributed by atoms with Gasteiger partial charge >= 0.3 is 0 Å². The normalized spacial score (nSPS) is 23.0. The number of rotatable bonds is 3. The molecule has 1 aromatic rings. The van der Waals surface area contributed by atoms with E-state index in [0.29, 0.717) is 5.92 Å². The minimum absolute atomic E-state index is 0.226. The Kier molecular flexibility index (Phi) is 4.40. The summed E-state index contributed by atoms with van der Waals surface area (Å²) in [5.41, 5.74) is 0.821. The van der Waals surface area contributed by atoms with E-state index in [9.17, 15) is 10.2 Å². The van der Waals surface area contributed by atoms with E-state index in [0.717, 1.165) is 31.5 Å². The average Bonchev–Trinajstić information content (AvgIpc) is 2.57. The largest absolute Gasteiger partial charge is 0.508 e. The maximum Gasteiger partial charge on any atom is 0.115 e. The maximum atomic E-state index is 10.2. The number of nitrogens with one attached hydrogen (secondary N) is 1. The molecule has 1 fully saturated rings. The molecule has 2 rings (SSSR count). The summed E-state index contributed by atoms with van der Waals surface area (Å²) in [6.45, 7) is 2.15. The maximum absolute atomic E-state index is 10.2. The Morgan fingerprint density at radius 1 is 1.29 bits per heavy atom. The van der Waals surface area contributed by atoms with Crippen molar-refractivity contribution in [2.45, 2.75) is 31.8 Å². The highest BCUT2D eigenvalue weighted by Crippen LogP contribution is 2.28. The zero-order valence-electron chi connectivity index (χ0n) is 10.1. The highest BCUT2D eigenvalue weighted by molar-refractivity contribution is 5.28. The molecule has 1 saturated heterocycles. The van der Waals surface area contributed by atoms with Crippen molar-refractivity contribution in [2.24, 2.45) is 5.92 Å². The summed E-state index contributed by atoms with van der Waals surface area (Å²) in [6, 6.07) is 6.94. The molecule has 94 valence electrons. The summed E-state index contributed by atoms with van der Waals surface area (Å²) < 4.78 is 0. The Morgan fingerprint density at radius 2 is 2.18 bits per heavy atom. The molecule has 1 aliphatic heterocycles. The molecule has 17 heavy (non-hydrogen) atoms. The molecule has 0 saturated carbocycles. The second kappa shape index (κ2) is 6.03. The van der Waals surface area contributed by atoms with E-state index in [1.165, 1.54) is 12.8 Å². The third kappa shape index (κ3) is 3.72. The molecule has 0 aliphatic carbocycles. The van der Waals surface area contributed by atoms with Crippen LogP contribution in [0.15, 0.2) is 24.3 Å². The lowest BCUT2D eigenvalue weighted by atomic mass is 9.91. The van der Waals surface area contributed by atoms with Gasteiger partial charge in [-0.2, -0.15) is 0 Å². The smallest absolute Gasteiger partial charge is 0.115 e. The van der Waals surface area contributed by atoms with Gasteiger partial charge in [0.15, 0.2) is 0 Å². The van der Waals surface area contributed by atoms with Crippen molar-refractivity contribution in [3.05, 3.63) is 29.8 Å². The van der Waals surface area contributed by atoms with E-state index in [1.807, 2.05) is 6.07 Å². The zero-order valence-corrected chi connectivity index (χ0v) is 10.1. The van der Waals surface area contributed by atoms with E-state index in [1.54, 1.807) is 18.2 Å². The van der Waals surface area contributed by atoms with Gasteiger partial charge in [0.05, 0.1) is 6.10 Å². The van der Waals surface area contributed by atoms with Crippen LogP contribution in [-0.4, -0.2) is 23.3 Å². The van der Waals surface area contributed by atoms with Gasteiger partial charge in [0.2, 0.25) is 0 Å². The molecule has 0 aromatic heterocycles. The molecule has 0 radical (unpaired) electrons. The van der Waals surface area contributed by atoms with Crippen LogP contribution in [0.5, 0.6) is 5.75 Å². The Bertz CT molecular complexity index is 346. The first-order valence-electron chi connectivity index (χ1n) is 6.43. The molecular formula is C14H21NO2. The van der Waals surface area contributed by atoms with Crippen molar-refractivity contribution in [3.8, 4) is 5.75 Å². The van der Waals surface area contributed by atoms with Crippen LogP contribution in [0.4, 0.5) is 0 Å². The van der Waals surface area contributed by atoms with Crippen LogP contribution in [0.2, 0.25) is 0 Å². The fourth-order valence-electron chi connectivity index (χ4n) is 2.51. The molecule has 0 bridgehead atoms. The number of benzene rings is 1. The highest BCUT2D eigenvalue weighted by atomic mass is 16.3. The highest BCUT2D eigenvalue weighted by Gasteiger charge is 2.17. The molecular weight excluding hydrogens is 214 g/mol. The Balaban J connectivity index is 1.93. The lowest BCUT2D eigenvalue weighted by molar-refractivity contribution is 0.139. The van der Waals surface area contributed by atoms with Gasteiger partial charge in [-0.25, -0.2) is 0 Å². The van der Waals surface area contributed by atoms with Crippen LogP contribution in [0.1, 0.15) is 37.4 Å². The summed E-state index contributed by atoms with van der Waals surface area (Å²) >= 11 is 0. The summed E-state index contributed by atoms with van der Waals surface area (Å²) in [5, 5.41) is 22.9. The van der Waals surface area contributed by atoms with E-state index >= 15 is 0 Å². The van der Waals surface area contributed by atoms with Crippen molar-refractivity contribution >= 4 is 0 Å². The molecule has 1 aromatic carbocycles. The Hall–Kier alpha value is -1.06. The quantitative estimate of drug-likeness (QED) is 0.753. The Morgan fingerprint density at radius 3 is 3.00 bits per heavy atom. The third-order valence-corrected chi connectivity index (χ3v) is 3.51. The molecule has 1 heterocycles. The Labute approximate surface area is 102 Å². The van der Waals surface area contributed by atoms with Crippen LogP contribution in [-0.2, 0) is 0 Å². The van der Waals surface area contributed by atoms with E-state index in [2.05, 4.69) is 5.32 Å². The van der Waals surface area contributed by atoms with Crippen LogP contribution in [0, 0.1) is 5.92 Å². The molecule has 0 amide bonds. The van der Waals surface area contributed by atoms with Gasteiger partial charge in [0.1, 0.15) is 5.75 Å². The van der Waals surface area contributed by atoms with E-state index in [-0.39, 0.29) is 5.75 Å². The molecule has 3 nitrogen and oxygen atoms in total. The second-order valence-electron chi connectivity index (χ2n) is 4.89. The number of hydrogen-bond donors (Lipinski definition) is 3. The minimum atomic E-state index is -0.454. The first kappa shape index (κ1) is 12.4. The summed E-state index contributed by atoms with van der Waals surface area (Å²) in [7, 11) is 0. The van der Waals surface area contributed by atoms with Crippen molar-refractivity contribution in [3.63, 3.8) is 0 Å². The topological polar surface area (TPSA) is 52.5 Å². The standard InChI is InChI=1S/C14H21NO2/c16-13-5-1-4-12(10-13)14(17)9-11-3-2-7-15-8-6-11/h1,4-5,10-11,14-17H,2-3,6-9H2. The average molecular weight is 235 g/mol. The van der Waals surface area contributed by atoms with Gasteiger partial charge in [-0.05, 0) is 62.4 Å². The number of aliphatic hydroxyl groups is 1. The number of hydrogen-bond acceptors (Lipinski definition) is 3. The van der Waals surface area contributed by atoms with Gasteiger partial charge in [-0.3, -0.25) is 0 Å². The van der Waals surface area contributed by atoms with E-state index in [4.69, 9.17) is 0 Å². The monoisotopic (exact) mass is 235 g/mol. The number of aliphatic hydroxyl groups excluding tert-OH is 1. The summed E-state index contributed by atoms with van der Waals surface area (Å²) in [6.07, 6.45) is 3.85. The summed E-state index contributed by atoms with van der Waals surface area (Å²) in [4.78, 5) is 0. The van der Waals surface area contributed by atoms with Gasteiger partial charge < -0.3 is 15.5 Å². The second-order valence-corrected chi connectivity index (χ2v) is 4.89. The lowest BCUT2D eigenvalue weighted by Crippen LogP contribution is -2.14. The molecule has 3 N–H and O–H groups in total. The van der Waals surface area contributed by atoms with Crippen molar-refractivity contribution in [2.75, 3.05) is 13.1 Å². The fraction of sp³-hybridized carbons (Fsp3) is 0.571. The van der Waals surface area contributed by atoms with E-state index < -0.39 is 6.10 Å². The summed E-state index contributed by atoms with van der Waals surface area (Å²) in [5.74, 6) is 0.812. The first-order valence-corrected chi connectivity index (χ1v) is 6.43. The van der Waals surface area contributed by atoms with Crippen LogP contribution >= 0.6 is 0 Å². The predicted molar refractivity (Wildman–Crippen MR) is 67.9 cm³/mol. The predicted octanol–water partition coefficient (Wildman–Crippen LogP) is 2.21. The minimum Gasteiger partial charge on any atom is -0.508 e. The molecule has 2 unspecified atom stereocenters. The first-order chi connectivity index (χ1) is 8.25. The van der Waals surface area contributed by atoms with Gasteiger partial charge in [-0.15, -0.1) is 0 Å². The molecule has 3 heteroatoms. The molecule has 1 aliphatic rings. The van der Waals surface area contributed by atoms with Gasteiger partial charge in [0, 0.05) is 0 Å². The number of phenolic OH excluding ortho intramolecular Hbond substituents is 1. The SMILES string of the molecule is Oc1cccc(C(O)CC2CCCNCC2)c1. The van der Waals surface area contributed by atoms with Crippen LogP contribution in [0.25, 0.3) is 0 Å². The van der Waals surface area contributed by atoms with Crippen molar-refractivity contribution in [1.29, 1.82) is 0 Å². The zero-order chi connectivity index (χ0) is 12.1. The number of aromatic hydroxyl groups is 1. The third-order valence-electron chi connectivity index (χ3n) is 3.51. The lowest BCUT2D eigenvalue weighted by Gasteiger charge is -2.18. The number of phenols is 1. The van der Waals surface area contributed by atoms with Crippen molar-refractivity contribution < 1.29 is 10.2 Å². The van der Waals surface area contributed by atoms with Crippen LogP contribution in [0.3, 0.4) is 0 Å². The van der Waals surface area contributed by atoms with Gasteiger partial charge in [0.25, 0.3) is 0 Å². The molecule has 2 atom stereocenters.